The third-order valence-electron chi connectivity index (χ3n) is 6.74. The summed E-state index contributed by atoms with van der Waals surface area (Å²) >= 11 is 0. The van der Waals surface area contributed by atoms with E-state index in [1.165, 1.54) is 17.2 Å². The fourth-order valence-electron chi connectivity index (χ4n) is 4.75. The molecular weight excluding hydrogens is 410 g/mol. The van der Waals surface area contributed by atoms with E-state index in [9.17, 15) is 13.6 Å². The SMILES string of the molecule is Cc1ccccc1CN1CCC(CN(C[C@H]2CCCO2)C(=O)c2ccc(F)c(F)c2)CC1. The van der Waals surface area contributed by atoms with E-state index in [2.05, 4.69) is 36.1 Å². The molecule has 0 spiro atoms. The first-order valence-electron chi connectivity index (χ1n) is 11.6. The van der Waals surface area contributed by atoms with Crippen molar-refractivity contribution in [2.75, 3.05) is 32.8 Å². The molecule has 172 valence electrons. The topological polar surface area (TPSA) is 32.8 Å². The maximum Gasteiger partial charge on any atom is 0.254 e. The monoisotopic (exact) mass is 442 g/mol. The van der Waals surface area contributed by atoms with E-state index in [0.29, 0.717) is 19.0 Å². The number of hydrogen-bond donors (Lipinski definition) is 0. The zero-order chi connectivity index (χ0) is 22.5. The molecule has 2 aliphatic heterocycles. The van der Waals surface area contributed by atoms with Gasteiger partial charge in [-0.15, -0.1) is 0 Å². The molecule has 32 heavy (non-hydrogen) atoms. The van der Waals surface area contributed by atoms with Crippen LogP contribution in [-0.2, 0) is 11.3 Å². The van der Waals surface area contributed by atoms with Crippen molar-refractivity contribution < 1.29 is 18.3 Å². The van der Waals surface area contributed by atoms with Gasteiger partial charge in [-0.2, -0.15) is 0 Å². The smallest absolute Gasteiger partial charge is 0.254 e. The van der Waals surface area contributed by atoms with Crippen LogP contribution in [0.2, 0.25) is 0 Å². The molecule has 1 amide bonds. The van der Waals surface area contributed by atoms with Gasteiger partial charge in [0.1, 0.15) is 0 Å². The van der Waals surface area contributed by atoms with Crippen molar-refractivity contribution in [2.24, 2.45) is 5.92 Å². The average Bonchev–Trinajstić information content (AvgIpc) is 3.31. The van der Waals surface area contributed by atoms with Gasteiger partial charge in [0.2, 0.25) is 0 Å². The Morgan fingerprint density at radius 2 is 1.84 bits per heavy atom. The molecule has 0 unspecified atom stereocenters. The van der Waals surface area contributed by atoms with Crippen LogP contribution in [0.1, 0.15) is 47.2 Å². The van der Waals surface area contributed by atoms with Crippen LogP contribution in [-0.4, -0.2) is 54.6 Å². The minimum Gasteiger partial charge on any atom is -0.376 e. The van der Waals surface area contributed by atoms with Crippen molar-refractivity contribution in [3.63, 3.8) is 0 Å². The Hall–Kier alpha value is -2.31. The van der Waals surface area contributed by atoms with Gasteiger partial charge < -0.3 is 9.64 Å². The van der Waals surface area contributed by atoms with Crippen LogP contribution in [0.3, 0.4) is 0 Å². The van der Waals surface area contributed by atoms with E-state index in [1.54, 1.807) is 4.90 Å². The number of amides is 1. The van der Waals surface area contributed by atoms with Crippen LogP contribution >= 0.6 is 0 Å². The number of carbonyl (C=O) groups is 1. The van der Waals surface area contributed by atoms with Crippen LogP contribution in [0.15, 0.2) is 42.5 Å². The molecule has 2 aromatic rings. The van der Waals surface area contributed by atoms with Crippen molar-refractivity contribution in [3.8, 4) is 0 Å². The van der Waals surface area contributed by atoms with Gasteiger partial charge in [-0.1, -0.05) is 24.3 Å². The fourth-order valence-corrected chi connectivity index (χ4v) is 4.75. The summed E-state index contributed by atoms with van der Waals surface area (Å²) in [5.74, 6) is -1.79. The predicted molar refractivity (Wildman–Crippen MR) is 120 cm³/mol. The first kappa shape index (κ1) is 22.9. The zero-order valence-electron chi connectivity index (χ0n) is 18.7. The minimum atomic E-state index is -0.988. The van der Waals surface area contributed by atoms with E-state index in [-0.39, 0.29) is 17.6 Å². The molecule has 4 nitrogen and oxygen atoms in total. The Kier molecular flexibility index (Phi) is 7.53. The number of ether oxygens (including phenoxy) is 1. The van der Waals surface area contributed by atoms with Gasteiger partial charge in [-0.25, -0.2) is 8.78 Å². The van der Waals surface area contributed by atoms with Gasteiger partial charge in [-0.05, 0) is 80.9 Å². The van der Waals surface area contributed by atoms with Crippen LogP contribution in [0, 0.1) is 24.5 Å². The quantitative estimate of drug-likeness (QED) is 0.617. The summed E-state index contributed by atoms with van der Waals surface area (Å²) in [6, 6.07) is 11.9. The molecule has 4 rings (SSSR count). The third kappa shape index (κ3) is 5.73. The Morgan fingerprint density at radius 3 is 2.53 bits per heavy atom. The van der Waals surface area contributed by atoms with Gasteiger partial charge in [-0.3, -0.25) is 9.69 Å². The van der Waals surface area contributed by atoms with Crippen LogP contribution in [0.25, 0.3) is 0 Å². The first-order valence-corrected chi connectivity index (χ1v) is 11.6. The summed E-state index contributed by atoms with van der Waals surface area (Å²) in [5.41, 5.74) is 2.87. The number of halogens is 2. The number of nitrogens with zero attached hydrogens (tertiary/aromatic N) is 2. The van der Waals surface area contributed by atoms with Crippen molar-refractivity contribution in [3.05, 3.63) is 70.8 Å². The highest BCUT2D eigenvalue weighted by molar-refractivity contribution is 5.94. The van der Waals surface area contributed by atoms with Crippen molar-refractivity contribution >= 4 is 5.91 Å². The lowest BCUT2D eigenvalue weighted by Crippen LogP contribution is -2.43. The number of carbonyl (C=O) groups excluding carboxylic acids is 1. The molecule has 0 aliphatic carbocycles. The Balaban J connectivity index is 1.38. The molecule has 0 bridgehead atoms. The second-order valence-corrected chi connectivity index (χ2v) is 9.12. The van der Waals surface area contributed by atoms with E-state index < -0.39 is 11.6 Å². The number of benzene rings is 2. The highest BCUT2D eigenvalue weighted by atomic mass is 19.2. The number of likely N-dealkylation sites (tertiary alicyclic amines) is 1. The Labute approximate surface area is 189 Å². The zero-order valence-corrected chi connectivity index (χ0v) is 18.7. The van der Waals surface area contributed by atoms with Crippen LogP contribution < -0.4 is 0 Å². The molecule has 6 heteroatoms. The lowest BCUT2D eigenvalue weighted by atomic mass is 9.95. The summed E-state index contributed by atoms with van der Waals surface area (Å²) in [6.45, 7) is 6.92. The van der Waals surface area contributed by atoms with Gasteiger partial charge in [0.15, 0.2) is 11.6 Å². The van der Waals surface area contributed by atoms with Crippen LogP contribution in [0.4, 0.5) is 8.78 Å². The van der Waals surface area contributed by atoms with Gasteiger partial charge in [0, 0.05) is 31.8 Å². The number of aryl methyl sites for hydroxylation is 1. The molecule has 2 aliphatic rings. The summed E-state index contributed by atoms with van der Waals surface area (Å²) < 4.78 is 32.9. The third-order valence-corrected chi connectivity index (χ3v) is 6.74. The van der Waals surface area contributed by atoms with Gasteiger partial charge in [0.05, 0.1) is 6.10 Å². The Bertz CT molecular complexity index is 922. The van der Waals surface area contributed by atoms with Crippen molar-refractivity contribution in [1.29, 1.82) is 0 Å². The van der Waals surface area contributed by atoms with E-state index in [1.807, 2.05) is 0 Å². The fraction of sp³-hybridized carbons (Fsp3) is 0.500. The molecule has 0 radical (unpaired) electrons. The van der Waals surface area contributed by atoms with Crippen molar-refractivity contribution in [1.82, 2.24) is 9.80 Å². The van der Waals surface area contributed by atoms with E-state index in [0.717, 1.165) is 64.1 Å². The second-order valence-electron chi connectivity index (χ2n) is 9.12. The molecule has 2 aromatic carbocycles. The number of rotatable bonds is 7. The highest BCUT2D eigenvalue weighted by Gasteiger charge is 2.28. The summed E-state index contributed by atoms with van der Waals surface area (Å²) in [4.78, 5) is 17.5. The van der Waals surface area contributed by atoms with Gasteiger partial charge >= 0.3 is 0 Å². The lowest BCUT2D eigenvalue weighted by Gasteiger charge is -2.36. The van der Waals surface area contributed by atoms with Crippen molar-refractivity contribution in [2.45, 2.75) is 45.3 Å². The molecule has 2 heterocycles. The van der Waals surface area contributed by atoms with Gasteiger partial charge in [0.25, 0.3) is 5.91 Å². The molecule has 2 saturated heterocycles. The molecule has 1 atom stereocenters. The number of piperidine rings is 1. The summed E-state index contributed by atoms with van der Waals surface area (Å²) in [5, 5.41) is 0. The maximum atomic E-state index is 13.7. The van der Waals surface area contributed by atoms with Crippen LogP contribution in [0.5, 0.6) is 0 Å². The standard InChI is InChI=1S/C26H32F2N2O2/c1-19-5-2-3-6-22(19)17-29-12-10-20(11-13-29)16-30(18-23-7-4-14-32-23)26(31)21-8-9-24(27)25(28)15-21/h2-3,5-6,8-9,15,20,23H,4,7,10-14,16-18H2,1H3/t23-/m1/s1. The predicted octanol–water partition coefficient (Wildman–Crippen LogP) is 4.81. The van der Waals surface area contributed by atoms with E-state index in [4.69, 9.17) is 4.74 Å². The largest absolute Gasteiger partial charge is 0.376 e. The molecule has 0 aromatic heterocycles. The lowest BCUT2D eigenvalue weighted by molar-refractivity contribution is 0.0444. The Morgan fingerprint density at radius 1 is 1.06 bits per heavy atom. The molecular formula is C26H32F2N2O2. The molecule has 2 fully saturated rings. The molecule has 0 saturated carbocycles. The first-order chi connectivity index (χ1) is 15.5. The normalized spacial score (nSPS) is 19.9. The number of hydrogen-bond acceptors (Lipinski definition) is 3. The summed E-state index contributed by atoms with van der Waals surface area (Å²) in [7, 11) is 0. The summed E-state index contributed by atoms with van der Waals surface area (Å²) in [6.07, 6.45) is 3.97. The maximum absolute atomic E-state index is 13.7. The highest BCUT2D eigenvalue weighted by Crippen LogP contribution is 2.24. The van der Waals surface area contributed by atoms with E-state index >= 15 is 0 Å². The average molecular weight is 443 g/mol. The minimum absolute atomic E-state index is 0.0189. The molecule has 0 N–H and O–H groups in total. The second kappa shape index (κ2) is 10.5.